The lowest BCUT2D eigenvalue weighted by atomic mass is 9.95. The molecular weight excluding hydrogens is 394 g/mol. The number of amides is 1. The molecule has 0 bridgehead atoms. The molecule has 1 fully saturated rings. The van der Waals surface area contributed by atoms with Crippen molar-refractivity contribution < 1.29 is 4.79 Å². The van der Waals surface area contributed by atoms with E-state index in [9.17, 15) is 4.79 Å². The summed E-state index contributed by atoms with van der Waals surface area (Å²) < 4.78 is 2.07. The number of thioether (sulfide) groups is 1. The predicted molar refractivity (Wildman–Crippen MR) is 121 cm³/mol. The average Bonchev–Trinajstić information content (AvgIpc) is 3.16. The van der Waals surface area contributed by atoms with Gasteiger partial charge in [0.1, 0.15) is 0 Å². The highest BCUT2D eigenvalue weighted by Crippen LogP contribution is 2.26. The van der Waals surface area contributed by atoms with E-state index in [0.717, 1.165) is 34.9 Å². The van der Waals surface area contributed by atoms with E-state index < -0.39 is 0 Å². The summed E-state index contributed by atoms with van der Waals surface area (Å²) in [5.74, 6) is 1.18. The van der Waals surface area contributed by atoms with E-state index in [4.69, 9.17) is 5.73 Å². The highest BCUT2D eigenvalue weighted by molar-refractivity contribution is 7.99. The number of benzene rings is 2. The van der Waals surface area contributed by atoms with E-state index in [1.807, 2.05) is 42.5 Å². The average molecular weight is 422 g/mol. The molecule has 3 aromatic rings. The maximum atomic E-state index is 12.5. The van der Waals surface area contributed by atoms with Gasteiger partial charge in [0, 0.05) is 17.3 Å². The molecule has 0 radical (unpaired) electrons. The Labute approximate surface area is 181 Å². The highest BCUT2D eigenvalue weighted by atomic mass is 32.2. The van der Waals surface area contributed by atoms with Crippen molar-refractivity contribution in [3.05, 3.63) is 60.2 Å². The van der Waals surface area contributed by atoms with E-state index in [2.05, 4.69) is 32.2 Å². The van der Waals surface area contributed by atoms with E-state index in [0.29, 0.717) is 24.0 Å². The van der Waals surface area contributed by atoms with E-state index in [1.165, 1.54) is 31.0 Å². The molecule has 1 aromatic heterocycles. The largest absolute Gasteiger partial charge is 0.399 e. The van der Waals surface area contributed by atoms with Crippen LogP contribution in [-0.2, 0) is 11.3 Å². The van der Waals surface area contributed by atoms with E-state index in [-0.39, 0.29) is 5.91 Å². The lowest BCUT2D eigenvalue weighted by molar-refractivity contribution is -0.119. The number of nitrogen functional groups attached to an aromatic ring is 1. The Hall–Kier alpha value is -2.80. The third kappa shape index (κ3) is 5.21. The van der Waals surface area contributed by atoms with Crippen molar-refractivity contribution in [1.82, 2.24) is 20.1 Å². The molecular formula is C23H27N5OS. The Bertz CT molecular complexity index is 965. The molecule has 6 nitrogen and oxygen atoms in total. The molecule has 1 amide bonds. The standard InChI is InChI=1S/C23H27N5OS/c24-19-13-11-18(12-14-19)22-26-27-23(28(22)15-17-7-3-1-4-8-17)30-16-21(29)25-20-9-5-2-6-10-20/h1,3-4,7-8,11-14,20H,2,5-6,9-10,15-16,24H2,(H,25,29). The molecule has 0 atom stereocenters. The van der Waals surface area contributed by atoms with Crippen LogP contribution in [-0.4, -0.2) is 32.5 Å². The topological polar surface area (TPSA) is 85.8 Å². The van der Waals surface area contributed by atoms with Crippen LogP contribution in [0, 0.1) is 0 Å². The first-order chi connectivity index (χ1) is 14.7. The van der Waals surface area contributed by atoms with Crippen LogP contribution in [0.2, 0.25) is 0 Å². The third-order valence-corrected chi connectivity index (χ3v) is 6.34. The van der Waals surface area contributed by atoms with Crippen molar-refractivity contribution in [1.29, 1.82) is 0 Å². The Morgan fingerprint density at radius 3 is 2.50 bits per heavy atom. The van der Waals surface area contributed by atoms with Gasteiger partial charge in [-0.1, -0.05) is 61.4 Å². The maximum absolute atomic E-state index is 12.5. The highest BCUT2D eigenvalue weighted by Gasteiger charge is 2.19. The first-order valence-electron chi connectivity index (χ1n) is 10.4. The smallest absolute Gasteiger partial charge is 0.230 e. The SMILES string of the molecule is Nc1ccc(-c2nnc(SCC(=O)NC3CCCCC3)n2Cc2ccccc2)cc1. The van der Waals surface area contributed by atoms with Crippen molar-refractivity contribution in [3.63, 3.8) is 0 Å². The molecule has 0 spiro atoms. The summed E-state index contributed by atoms with van der Waals surface area (Å²) in [6, 6.07) is 18.1. The van der Waals surface area contributed by atoms with Crippen LogP contribution in [0.25, 0.3) is 11.4 Å². The Morgan fingerprint density at radius 1 is 1.03 bits per heavy atom. The number of nitrogens with zero attached hydrogens (tertiary/aromatic N) is 3. The minimum absolute atomic E-state index is 0.0650. The Kier molecular flexibility index (Phi) is 6.69. The molecule has 2 aromatic carbocycles. The van der Waals surface area contributed by atoms with Crippen LogP contribution < -0.4 is 11.1 Å². The summed E-state index contributed by atoms with van der Waals surface area (Å²) in [5, 5.41) is 12.7. The zero-order valence-electron chi connectivity index (χ0n) is 17.0. The molecule has 4 rings (SSSR count). The van der Waals surface area contributed by atoms with Crippen LogP contribution in [0.1, 0.15) is 37.7 Å². The number of nitrogens with two attached hydrogens (primary N) is 1. The number of hydrogen-bond donors (Lipinski definition) is 2. The molecule has 156 valence electrons. The maximum Gasteiger partial charge on any atom is 0.230 e. The summed E-state index contributed by atoms with van der Waals surface area (Å²) in [5.41, 5.74) is 8.65. The second-order valence-electron chi connectivity index (χ2n) is 7.69. The Balaban J connectivity index is 1.51. The predicted octanol–water partition coefficient (Wildman–Crippen LogP) is 4.12. The molecule has 1 saturated carbocycles. The number of nitrogens with one attached hydrogen (secondary N) is 1. The van der Waals surface area contributed by atoms with Crippen LogP contribution in [0.4, 0.5) is 5.69 Å². The number of rotatable bonds is 7. The van der Waals surface area contributed by atoms with Crippen molar-refractivity contribution >= 4 is 23.4 Å². The fraction of sp³-hybridized carbons (Fsp3) is 0.348. The van der Waals surface area contributed by atoms with E-state index in [1.54, 1.807) is 0 Å². The van der Waals surface area contributed by atoms with E-state index >= 15 is 0 Å². The van der Waals surface area contributed by atoms with Crippen LogP contribution in [0.15, 0.2) is 59.8 Å². The van der Waals surface area contributed by atoms with Crippen LogP contribution in [0.5, 0.6) is 0 Å². The number of aromatic nitrogens is 3. The zero-order chi connectivity index (χ0) is 20.8. The molecule has 0 unspecified atom stereocenters. The molecule has 7 heteroatoms. The summed E-state index contributed by atoms with van der Waals surface area (Å²) in [7, 11) is 0. The molecule has 1 heterocycles. The van der Waals surface area contributed by atoms with Gasteiger partial charge in [0.2, 0.25) is 5.91 Å². The first-order valence-corrected chi connectivity index (χ1v) is 11.4. The van der Waals surface area contributed by atoms with Gasteiger partial charge in [-0.25, -0.2) is 0 Å². The number of carbonyl (C=O) groups excluding carboxylic acids is 1. The van der Waals surface area contributed by atoms with Gasteiger partial charge in [-0.3, -0.25) is 9.36 Å². The van der Waals surface area contributed by atoms with Crippen molar-refractivity contribution in [2.75, 3.05) is 11.5 Å². The fourth-order valence-electron chi connectivity index (χ4n) is 3.80. The molecule has 1 aliphatic carbocycles. The van der Waals surface area contributed by atoms with Crippen molar-refractivity contribution in [2.24, 2.45) is 0 Å². The van der Waals surface area contributed by atoms with Gasteiger partial charge < -0.3 is 11.1 Å². The molecule has 1 aliphatic rings. The second kappa shape index (κ2) is 9.80. The molecule has 30 heavy (non-hydrogen) atoms. The summed E-state index contributed by atoms with van der Waals surface area (Å²) in [6.45, 7) is 0.639. The number of carbonyl (C=O) groups is 1. The third-order valence-electron chi connectivity index (χ3n) is 5.37. The summed E-state index contributed by atoms with van der Waals surface area (Å²) in [6.07, 6.45) is 5.85. The molecule has 3 N–H and O–H groups in total. The minimum atomic E-state index is 0.0650. The van der Waals surface area contributed by atoms with Gasteiger partial charge in [-0.2, -0.15) is 0 Å². The van der Waals surface area contributed by atoms with Crippen LogP contribution in [0.3, 0.4) is 0 Å². The van der Waals surface area contributed by atoms with Gasteiger partial charge in [0.25, 0.3) is 0 Å². The molecule has 0 aliphatic heterocycles. The van der Waals surface area contributed by atoms with Crippen molar-refractivity contribution in [3.8, 4) is 11.4 Å². The first kappa shape index (κ1) is 20.5. The minimum Gasteiger partial charge on any atom is -0.399 e. The second-order valence-corrected chi connectivity index (χ2v) is 8.63. The van der Waals surface area contributed by atoms with Gasteiger partial charge in [-0.05, 0) is 42.7 Å². The van der Waals surface area contributed by atoms with Gasteiger partial charge >= 0.3 is 0 Å². The number of anilines is 1. The van der Waals surface area contributed by atoms with Gasteiger partial charge in [0.15, 0.2) is 11.0 Å². The summed E-state index contributed by atoms with van der Waals surface area (Å²) >= 11 is 1.43. The lowest BCUT2D eigenvalue weighted by Gasteiger charge is -2.22. The quantitative estimate of drug-likeness (QED) is 0.443. The fourth-order valence-corrected chi connectivity index (χ4v) is 4.55. The van der Waals surface area contributed by atoms with Gasteiger partial charge in [-0.15, -0.1) is 10.2 Å². The number of hydrogen-bond acceptors (Lipinski definition) is 5. The lowest BCUT2D eigenvalue weighted by Crippen LogP contribution is -2.37. The van der Waals surface area contributed by atoms with Crippen molar-refractivity contribution in [2.45, 2.75) is 49.8 Å². The summed E-state index contributed by atoms with van der Waals surface area (Å²) in [4.78, 5) is 12.5. The van der Waals surface area contributed by atoms with Gasteiger partial charge in [0.05, 0.1) is 12.3 Å². The normalized spacial score (nSPS) is 14.5. The van der Waals surface area contributed by atoms with Crippen LogP contribution >= 0.6 is 11.8 Å². The molecule has 0 saturated heterocycles. The Morgan fingerprint density at radius 2 is 1.77 bits per heavy atom. The monoisotopic (exact) mass is 421 g/mol. The zero-order valence-corrected chi connectivity index (χ0v) is 17.8.